The fraction of sp³-hybridized carbons (Fsp3) is 0.364. The van der Waals surface area contributed by atoms with Gasteiger partial charge in [0.1, 0.15) is 11.2 Å². The zero-order valence-electron chi connectivity index (χ0n) is 17.6. The molecule has 1 atom stereocenters. The minimum absolute atomic E-state index is 0.0203. The van der Waals surface area contributed by atoms with E-state index in [4.69, 9.17) is 0 Å². The first-order valence-corrected chi connectivity index (χ1v) is 11.6. The van der Waals surface area contributed by atoms with Crippen LogP contribution in [-0.2, 0) is 19.6 Å². The van der Waals surface area contributed by atoms with Crippen molar-refractivity contribution in [1.29, 1.82) is 0 Å². The van der Waals surface area contributed by atoms with Crippen molar-refractivity contribution >= 4 is 27.4 Å². The topological polar surface area (TPSA) is 84.0 Å². The van der Waals surface area contributed by atoms with E-state index in [2.05, 4.69) is 4.74 Å². The van der Waals surface area contributed by atoms with E-state index in [1.807, 2.05) is 6.92 Å². The monoisotopic (exact) mass is 482 g/mol. The van der Waals surface area contributed by atoms with Crippen LogP contribution in [0.15, 0.2) is 53.4 Å². The number of nitrogens with zero attached hydrogens (tertiary/aromatic N) is 2. The van der Waals surface area contributed by atoms with Gasteiger partial charge in [-0.2, -0.15) is 4.31 Å². The number of aryl methyl sites for hydroxylation is 1. The Labute approximate surface area is 188 Å². The minimum Gasteiger partial charge on any atom is -0.406 e. The fourth-order valence-corrected chi connectivity index (χ4v) is 5.75. The molecular weight excluding hydrogens is 461 g/mol. The smallest absolute Gasteiger partial charge is 0.406 e. The van der Waals surface area contributed by atoms with Crippen molar-refractivity contribution in [1.82, 2.24) is 4.31 Å². The molecule has 2 saturated heterocycles. The number of hydrogen-bond donors (Lipinski definition) is 0. The first-order valence-electron chi connectivity index (χ1n) is 10.2. The van der Waals surface area contributed by atoms with Crippen LogP contribution in [0.4, 0.5) is 18.9 Å². The highest BCUT2D eigenvalue weighted by atomic mass is 32.2. The summed E-state index contributed by atoms with van der Waals surface area (Å²) in [6.07, 6.45) is -4.82. The van der Waals surface area contributed by atoms with Crippen molar-refractivity contribution in [2.24, 2.45) is 5.41 Å². The number of sulfonamides is 1. The maximum absolute atomic E-state index is 13.3. The van der Waals surface area contributed by atoms with E-state index in [1.165, 1.54) is 33.5 Å². The van der Waals surface area contributed by atoms with Crippen molar-refractivity contribution in [3.63, 3.8) is 0 Å². The van der Waals surface area contributed by atoms with E-state index >= 15 is 0 Å². The van der Waals surface area contributed by atoms with E-state index in [9.17, 15) is 31.2 Å². The molecule has 0 N–H and O–H groups in total. The van der Waals surface area contributed by atoms with Gasteiger partial charge in [-0.25, -0.2) is 8.42 Å². The van der Waals surface area contributed by atoms with Gasteiger partial charge in [-0.15, -0.1) is 13.2 Å². The largest absolute Gasteiger partial charge is 0.573 e. The Morgan fingerprint density at radius 3 is 2.21 bits per heavy atom. The Morgan fingerprint density at radius 1 is 0.970 bits per heavy atom. The summed E-state index contributed by atoms with van der Waals surface area (Å²) in [5, 5.41) is 0. The van der Waals surface area contributed by atoms with Gasteiger partial charge in [0.2, 0.25) is 15.9 Å². The molecule has 1 spiro atoms. The highest BCUT2D eigenvalue weighted by molar-refractivity contribution is 7.89. The number of carbonyl (C=O) groups is 2. The van der Waals surface area contributed by atoms with Crippen LogP contribution in [-0.4, -0.2) is 50.4 Å². The average Bonchev–Trinajstić information content (AvgIpc) is 3.06. The molecule has 4 rings (SSSR count). The first-order chi connectivity index (χ1) is 15.4. The molecule has 0 aliphatic carbocycles. The van der Waals surface area contributed by atoms with Gasteiger partial charge >= 0.3 is 6.36 Å². The predicted octanol–water partition coefficient (Wildman–Crippen LogP) is 3.28. The average molecular weight is 482 g/mol. The van der Waals surface area contributed by atoms with E-state index < -0.39 is 33.5 Å². The molecule has 2 aliphatic rings. The number of rotatable bonds is 4. The first kappa shape index (κ1) is 23.2. The molecule has 11 heteroatoms. The third kappa shape index (κ3) is 4.34. The summed E-state index contributed by atoms with van der Waals surface area (Å²) in [7, 11) is -3.91. The van der Waals surface area contributed by atoms with Gasteiger partial charge in [-0.1, -0.05) is 17.7 Å². The standard InChI is InChI=1S/C22H21F3N2O5S/c1-15-2-8-18(9-3-15)33(30,31)26-12-10-19(28)21(14-26)11-13-27(20(21)29)16-4-6-17(7-5-16)32-22(23,24)25/h2-9H,10-14H2,1H3. The van der Waals surface area contributed by atoms with Crippen molar-refractivity contribution in [3.8, 4) is 5.75 Å². The molecule has 2 aromatic rings. The SMILES string of the molecule is Cc1ccc(S(=O)(=O)N2CCC(=O)C3(CCN(c4ccc(OC(F)(F)F)cc4)C3=O)C2)cc1. The van der Waals surface area contributed by atoms with Crippen LogP contribution < -0.4 is 9.64 Å². The molecule has 7 nitrogen and oxygen atoms in total. The molecular formula is C22H21F3N2O5S. The van der Waals surface area contributed by atoms with Crippen LogP contribution in [0.25, 0.3) is 0 Å². The summed E-state index contributed by atoms with van der Waals surface area (Å²) < 4.78 is 68.4. The number of halogens is 3. The normalized spacial score (nSPS) is 22.2. The van der Waals surface area contributed by atoms with Crippen LogP contribution in [0.1, 0.15) is 18.4 Å². The van der Waals surface area contributed by atoms with Crippen LogP contribution in [0.2, 0.25) is 0 Å². The lowest BCUT2D eigenvalue weighted by atomic mass is 9.78. The number of alkyl halides is 3. The Kier molecular flexibility index (Phi) is 5.73. The van der Waals surface area contributed by atoms with Crippen molar-refractivity contribution in [3.05, 3.63) is 54.1 Å². The Balaban J connectivity index is 1.57. The zero-order chi connectivity index (χ0) is 24.0. The molecule has 33 heavy (non-hydrogen) atoms. The van der Waals surface area contributed by atoms with E-state index in [0.29, 0.717) is 5.69 Å². The summed E-state index contributed by atoms with van der Waals surface area (Å²) in [5.74, 6) is -1.32. The molecule has 0 bridgehead atoms. The molecule has 2 aliphatic heterocycles. The third-order valence-electron chi connectivity index (χ3n) is 6.03. The lowest BCUT2D eigenvalue weighted by Crippen LogP contribution is -2.54. The van der Waals surface area contributed by atoms with Gasteiger partial charge in [-0.05, 0) is 49.7 Å². The summed E-state index contributed by atoms with van der Waals surface area (Å²) in [4.78, 5) is 27.6. The maximum atomic E-state index is 13.3. The molecule has 0 radical (unpaired) electrons. The number of Topliss-reactive ketones (excluding diaryl/α,β-unsaturated/α-hetero) is 1. The quantitative estimate of drug-likeness (QED) is 0.625. The predicted molar refractivity (Wildman–Crippen MR) is 112 cm³/mol. The maximum Gasteiger partial charge on any atom is 0.573 e. The van der Waals surface area contributed by atoms with E-state index in [-0.39, 0.29) is 43.2 Å². The van der Waals surface area contributed by atoms with Crippen molar-refractivity contribution in [2.75, 3.05) is 24.5 Å². The van der Waals surface area contributed by atoms with Gasteiger partial charge in [0.25, 0.3) is 0 Å². The molecule has 2 heterocycles. The Bertz CT molecular complexity index is 1180. The Hall–Kier alpha value is -2.92. The summed E-state index contributed by atoms with van der Waals surface area (Å²) in [5.41, 5.74) is -0.317. The summed E-state index contributed by atoms with van der Waals surface area (Å²) >= 11 is 0. The Morgan fingerprint density at radius 2 is 1.61 bits per heavy atom. The second kappa shape index (κ2) is 8.14. The van der Waals surface area contributed by atoms with Crippen LogP contribution in [0, 0.1) is 12.3 Å². The molecule has 0 aromatic heterocycles. The van der Waals surface area contributed by atoms with Crippen LogP contribution in [0.5, 0.6) is 5.75 Å². The number of ether oxygens (including phenoxy) is 1. The van der Waals surface area contributed by atoms with Gasteiger partial charge in [-0.3, -0.25) is 9.59 Å². The van der Waals surface area contributed by atoms with E-state index in [0.717, 1.165) is 17.7 Å². The van der Waals surface area contributed by atoms with Gasteiger partial charge in [0, 0.05) is 31.7 Å². The summed E-state index contributed by atoms with van der Waals surface area (Å²) in [6.45, 7) is 1.68. The number of benzene rings is 2. The van der Waals surface area contributed by atoms with Crippen molar-refractivity contribution < 1.29 is 35.9 Å². The van der Waals surface area contributed by atoms with E-state index in [1.54, 1.807) is 12.1 Å². The second-order valence-electron chi connectivity index (χ2n) is 8.16. The van der Waals surface area contributed by atoms with Gasteiger partial charge in [0.05, 0.1) is 4.90 Å². The summed E-state index contributed by atoms with van der Waals surface area (Å²) in [6, 6.07) is 11.1. The molecule has 1 amide bonds. The molecule has 2 fully saturated rings. The van der Waals surface area contributed by atoms with Gasteiger partial charge in [0.15, 0.2) is 5.78 Å². The fourth-order valence-electron chi connectivity index (χ4n) is 4.25. The minimum atomic E-state index is -4.84. The lowest BCUT2D eigenvalue weighted by Gasteiger charge is -2.37. The number of anilines is 1. The number of carbonyl (C=O) groups excluding carboxylic acids is 2. The zero-order valence-corrected chi connectivity index (χ0v) is 18.4. The number of piperidine rings is 1. The molecule has 1 unspecified atom stereocenters. The third-order valence-corrected chi connectivity index (χ3v) is 7.89. The second-order valence-corrected chi connectivity index (χ2v) is 10.1. The molecule has 0 saturated carbocycles. The number of hydrogen-bond acceptors (Lipinski definition) is 5. The lowest BCUT2D eigenvalue weighted by molar-refractivity contribution is -0.274. The van der Waals surface area contributed by atoms with Crippen LogP contribution >= 0.6 is 0 Å². The number of amides is 1. The molecule has 176 valence electrons. The van der Waals surface area contributed by atoms with Gasteiger partial charge < -0.3 is 9.64 Å². The van der Waals surface area contributed by atoms with Crippen LogP contribution in [0.3, 0.4) is 0 Å². The van der Waals surface area contributed by atoms with Crippen molar-refractivity contribution in [2.45, 2.75) is 31.0 Å². The highest BCUT2D eigenvalue weighted by Gasteiger charge is 2.56. The molecule has 2 aromatic carbocycles. The highest BCUT2D eigenvalue weighted by Crippen LogP contribution is 2.41. The number of ketones is 1.